The van der Waals surface area contributed by atoms with Gasteiger partial charge in [-0.1, -0.05) is 11.3 Å². The average molecular weight is 302 g/mol. The topological polar surface area (TPSA) is 49.3 Å². The summed E-state index contributed by atoms with van der Waals surface area (Å²) in [6, 6.07) is 4.00. The molecule has 0 aromatic carbocycles. The zero-order chi connectivity index (χ0) is 14.6. The molecule has 2 aromatic heterocycles. The van der Waals surface area contributed by atoms with Crippen molar-refractivity contribution in [2.45, 2.75) is 13.3 Å². The van der Waals surface area contributed by atoms with Gasteiger partial charge in [0.1, 0.15) is 16.2 Å². The molecule has 2 aromatic rings. The quantitative estimate of drug-likeness (QED) is 0.795. The number of rotatable bonds is 2. The van der Waals surface area contributed by atoms with Crippen molar-refractivity contribution in [1.82, 2.24) is 14.9 Å². The van der Waals surface area contributed by atoms with Crippen LogP contribution in [0.1, 0.15) is 23.1 Å². The number of thiazole rings is 1. The maximum Gasteiger partial charge on any atom is 0.188 e. The van der Waals surface area contributed by atoms with Gasteiger partial charge in [0.15, 0.2) is 10.8 Å². The minimum absolute atomic E-state index is 0.0106. The lowest BCUT2D eigenvalue weighted by atomic mass is 9.79. The van der Waals surface area contributed by atoms with Crippen LogP contribution in [0.4, 0.5) is 5.82 Å². The lowest BCUT2D eigenvalue weighted by Gasteiger charge is -2.48. The van der Waals surface area contributed by atoms with Crippen LogP contribution in [-0.2, 0) is 0 Å². The van der Waals surface area contributed by atoms with E-state index < -0.39 is 0 Å². The number of pyridine rings is 1. The van der Waals surface area contributed by atoms with E-state index in [1.165, 1.54) is 30.8 Å². The number of carbonyl (C=O) groups excluding carboxylic acids is 1. The van der Waals surface area contributed by atoms with Gasteiger partial charge in [-0.3, -0.25) is 4.79 Å². The molecule has 1 spiro atoms. The second-order valence-corrected chi connectivity index (χ2v) is 7.39. The number of carbonyl (C=O) groups is 1. The molecule has 0 bridgehead atoms. The van der Waals surface area contributed by atoms with E-state index in [2.05, 4.69) is 26.8 Å². The monoisotopic (exact) mass is 302 g/mol. The average Bonchev–Trinajstić information content (AvgIpc) is 2.99. The lowest BCUT2D eigenvalue weighted by Crippen LogP contribution is -2.57. The molecular formula is C15H18N4OS. The van der Waals surface area contributed by atoms with Gasteiger partial charge in [-0.05, 0) is 32.1 Å². The molecule has 0 unspecified atom stereocenters. The third-order valence-electron chi connectivity index (χ3n) is 4.55. The highest BCUT2D eigenvalue weighted by Gasteiger charge is 2.47. The van der Waals surface area contributed by atoms with Crippen molar-refractivity contribution in [2.24, 2.45) is 5.41 Å². The highest BCUT2D eigenvalue weighted by atomic mass is 32.1. The molecule has 2 aliphatic rings. The molecule has 4 heterocycles. The molecule has 0 saturated carbocycles. The summed E-state index contributed by atoms with van der Waals surface area (Å²) < 4.78 is 0. The second-order valence-electron chi connectivity index (χ2n) is 6.41. The lowest BCUT2D eigenvalue weighted by molar-refractivity contribution is 0.101. The van der Waals surface area contributed by atoms with Crippen molar-refractivity contribution in [2.75, 3.05) is 38.1 Å². The van der Waals surface area contributed by atoms with Gasteiger partial charge < -0.3 is 9.80 Å². The molecule has 2 fully saturated rings. The van der Waals surface area contributed by atoms with Gasteiger partial charge in [0.2, 0.25) is 0 Å². The maximum atomic E-state index is 11.4. The Bertz CT molecular complexity index is 720. The summed E-state index contributed by atoms with van der Waals surface area (Å²) in [5.41, 5.74) is 1.30. The van der Waals surface area contributed by atoms with Crippen molar-refractivity contribution in [3.05, 3.63) is 17.1 Å². The Balaban J connectivity index is 1.56. The van der Waals surface area contributed by atoms with E-state index >= 15 is 0 Å². The van der Waals surface area contributed by atoms with Crippen LogP contribution in [0.3, 0.4) is 0 Å². The highest BCUT2D eigenvalue weighted by Crippen LogP contribution is 2.41. The zero-order valence-corrected chi connectivity index (χ0v) is 13.1. The van der Waals surface area contributed by atoms with Gasteiger partial charge in [-0.2, -0.15) is 0 Å². The van der Waals surface area contributed by atoms with Crippen LogP contribution in [0.15, 0.2) is 12.1 Å². The summed E-state index contributed by atoms with van der Waals surface area (Å²) in [5, 5.41) is 0.548. The van der Waals surface area contributed by atoms with Gasteiger partial charge in [0.05, 0.1) is 0 Å². The normalized spacial score (nSPS) is 21.1. The van der Waals surface area contributed by atoms with E-state index in [-0.39, 0.29) is 5.78 Å². The maximum absolute atomic E-state index is 11.4. The van der Waals surface area contributed by atoms with Crippen LogP contribution in [0, 0.1) is 5.41 Å². The first-order valence-electron chi connectivity index (χ1n) is 7.27. The fourth-order valence-electron chi connectivity index (χ4n) is 3.48. The number of hydrogen-bond donors (Lipinski definition) is 0. The van der Waals surface area contributed by atoms with Crippen LogP contribution in [0.5, 0.6) is 0 Å². The zero-order valence-electron chi connectivity index (χ0n) is 12.3. The molecule has 0 amide bonds. The van der Waals surface area contributed by atoms with Crippen molar-refractivity contribution in [3.63, 3.8) is 0 Å². The Morgan fingerprint density at radius 3 is 2.76 bits per heavy atom. The predicted molar refractivity (Wildman–Crippen MR) is 84.2 cm³/mol. The summed E-state index contributed by atoms with van der Waals surface area (Å²) in [6.45, 7) is 6.13. The Morgan fingerprint density at radius 1 is 1.29 bits per heavy atom. The summed E-state index contributed by atoms with van der Waals surface area (Å²) in [4.78, 5) is 26.0. The Labute approximate surface area is 127 Å². The first-order chi connectivity index (χ1) is 10.0. The molecule has 6 heteroatoms. The smallest absolute Gasteiger partial charge is 0.188 e. The van der Waals surface area contributed by atoms with Crippen molar-refractivity contribution in [1.29, 1.82) is 0 Å². The van der Waals surface area contributed by atoms with E-state index in [0.29, 0.717) is 10.4 Å². The number of Topliss-reactive ketones (excluding diaryl/α,β-unsaturated/α-hetero) is 1. The molecule has 0 N–H and O–H groups in total. The fraction of sp³-hybridized carbons (Fsp3) is 0.533. The molecule has 0 radical (unpaired) electrons. The summed E-state index contributed by atoms with van der Waals surface area (Å²) >= 11 is 1.39. The largest absolute Gasteiger partial charge is 0.355 e. The van der Waals surface area contributed by atoms with Crippen molar-refractivity contribution < 1.29 is 4.79 Å². The van der Waals surface area contributed by atoms with Crippen LogP contribution < -0.4 is 4.90 Å². The number of fused-ring (bicyclic) bond motifs is 1. The second kappa shape index (κ2) is 4.48. The standard InChI is InChI=1S/C15H18N4OS/c1-10(20)13-16-11-3-4-12(17-14(11)21-13)19-8-15(9-19)5-6-18(2)7-15/h3-4H,5-9H2,1-2H3. The number of anilines is 1. The SMILES string of the molecule is CC(=O)c1nc2ccc(N3CC4(CCN(C)C4)C3)nc2s1. The molecule has 4 rings (SSSR count). The summed E-state index contributed by atoms with van der Waals surface area (Å²) in [7, 11) is 2.20. The van der Waals surface area contributed by atoms with Gasteiger partial charge >= 0.3 is 0 Å². The van der Waals surface area contributed by atoms with Gasteiger partial charge in [-0.15, -0.1) is 0 Å². The van der Waals surface area contributed by atoms with Crippen LogP contribution in [0.25, 0.3) is 10.3 Å². The predicted octanol–water partition coefficient (Wildman–Crippen LogP) is 2.04. The molecule has 2 aliphatic heterocycles. The van der Waals surface area contributed by atoms with E-state index in [1.807, 2.05) is 12.1 Å². The number of ketones is 1. The molecule has 0 atom stereocenters. The molecule has 5 nitrogen and oxygen atoms in total. The summed E-state index contributed by atoms with van der Waals surface area (Å²) in [6.07, 6.45) is 1.29. The van der Waals surface area contributed by atoms with Gasteiger partial charge in [0.25, 0.3) is 0 Å². The van der Waals surface area contributed by atoms with Crippen LogP contribution in [-0.4, -0.2) is 53.9 Å². The molecule has 0 aliphatic carbocycles. The number of likely N-dealkylation sites (tertiary alicyclic amines) is 1. The van der Waals surface area contributed by atoms with Crippen LogP contribution >= 0.6 is 11.3 Å². The van der Waals surface area contributed by atoms with E-state index in [9.17, 15) is 4.79 Å². The third kappa shape index (κ3) is 2.13. The molecule has 2 saturated heterocycles. The number of aromatic nitrogens is 2. The van der Waals surface area contributed by atoms with Crippen LogP contribution in [0.2, 0.25) is 0 Å². The first kappa shape index (κ1) is 13.2. The minimum Gasteiger partial charge on any atom is -0.355 e. The van der Waals surface area contributed by atoms with E-state index in [1.54, 1.807) is 6.92 Å². The van der Waals surface area contributed by atoms with Crippen molar-refractivity contribution in [3.8, 4) is 0 Å². The Hall–Kier alpha value is -1.53. The van der Waals surface area contributed by atoms with Gasteiger partial charge in [0, 0.05) is 32.0 Å². The molecule has 21 heavy (non-hydrogen) atoms. The fourth-order valence-corrected chi connectivity index (χ4v) is 4.30. The highest BCUT2D eigenvalue weighted by molar-refractivity contribution is 7.19. The summed E-state index contributed by atoms with van der Waals surface area (Å²) in [5.74, 6) is 1.03. The van der Waals surface area contributed by atoms with Gasteiger partial charge in [-0.25, -0.2) is 9.97 Å². The van der Waals surface area contributed by atoms with E-state index in [4.69, 9.17) is 0 Å². The number of nitrogens with zero attached hydrogens (tertiary/aromatic N) is 4. The first-order valence-corrected chi connectivity index (χ1v) is 8.08. The number of hydrogen-bond acceptors (Lipinski definition) is 6. The molecular weight excluding hydrogens is 284 g/mol. The Kier molecular flexibility index (Phi) is 2.81. The minimum atomic E-state index is 0.0106. The Morgan fingerprint density at radius 2 is 2.10 bits per heavy atom. The van der Waals surface area contributed by atoms with Crippen molar-refractivity contribution >= 4 is 33.3 Å². The van der Waals surface area contributed by atoms with E-state index in [0.717, 1.165) is 29.3 Å². The third-order valence-corrected chi connectivity index (χ3v) is 5.61. The molecule has 110 valence electrons.